The Hall–Kier alpha value is -0.870. The number of ether oxygens (including phenoxy) is 1. The lowest BCUT2D eigenvalue weighted by molar-refractivity contribution is 0.128. The number of benzene rings is 1. The summed E-state index contributed by atoms with van der Waals surface area (Å²) in [5.74, 6) is 0.564. The molecule has 82 valence electrons. The van der Waals surface area contributed by atoms with Crippen LogP contribution in [0.4, 0.5) is 5.69 Å². The minimum Gasteiger partial charge on any atom is -0.398 e. The van der Waals surface area contributed by atoms with Crippen molar-refractivity contribution >= 4 is 16.5 Å². The lowest BCUT2D eigenvalue weighted by Crippen LogP contribution is -2.16. The molecule has 1 heterocycles. The third-order valence-corrected chi connectivity index (χ3v) is 4.06. The van der Waals surface area contributed by atoms with E-state index < -0.39 is 10.8 Å². The van der Waals surface area contributed by atoms with Crippen molar-refractivity contribution < 1.29 is 8.95 Å². The number of rotatable bonds is 3. The smallest absolute Gasteiger partial charge is 0.0694 e. The van der Waals surface area contributed by atoms with Gasteiger partial charge in [-0.2, -0.15) is 0 Å². The van der Waals surface area contributed by atoms with Gasteiger partial charge in [0.1, 0.15) is 0 Å². The van der Waals surface area contributed by atoms with Crippen molar-refractivity contribution in [2.24, 2.45) is 0 Å². The minimum atomic E-state index is -1.03. The van der Waals surface area contributed by atoms with E-state index in [0.29, 0.717) is 11.4 Å². The predicted molar refractivity (Wildman–Crippen MR) is 61.1 cm³/mol. The normalized spacial score (nSPS) is 22.8. The quantitative estimate of drug-likeness (QED) is 0.794. The van der Waals surface area contributed by atoms with Crippen molar-refractivity contribution in [3.63, 3.8) is 0 Å². The molecule has 1 aliphatic rings. The fourth-order valence-corrected chi connectivity index (χ4v) is 3.06. The van der Waals surface area contributed by atoms with Crippen molar-refractivity contribution in [2.45, 2.75) is 23.8 Å². The minimum absolute atomic E-state index is 0.144. The largest absolute Gasteiger partial charge is 0.398 e. The summed E-state index contributed by atoms with van der Waals surface area (Å²) in [6, 6.07) is 7.31. The van der Waals surface area contributed by atoms with E-state index in [0.717, 1.165) is 24.3 Å². The number of hydrogen-bond acceptors (Lipinski definition) is 3. The standard InChI is InChI=1S/C11H15NO2S/c12-10-5-1-2-6-11(10)15(13)8-9-4-3-7-14-9/h1-2,5-6,9H,3-4,7-8,12H2. The zero-order valence-corrected chi connectivity index (χ0v) is 9.33. The van der Waals surface area contributed by atoms with Gasteiger partial charge < -0.3 is 10.5 Å². The lowest BCUT2D eigenvalue weighted by Gasteiger charge is -2.10. The molecule has 2 rings (SSSR count). The van der Waals surface area contributed by atoms with E-state index in [2.05, 4.69) is 0 Å². The van der Waals surface area contributed by atoms with Gasteiger partial charge in [0, 0.05) is 12.3 Å². The first-order chi connectivity index (χ1) is 7.27. The van der Waals surface area contributed by atoms with Crippen LogP contribution in [-0.2, 0) is 15.5 Å². The number of para-hydroxylation sites is 1. The first-order valence-corrected chi connectivity index (χ1v) is 6.44. The van der Waals surface area contributed by atoms with E-state index in [4.69, 9.17) is 10.5 Å². The molecule has 1 fully saturated rings. The van der Waals surface area contributed by atoms with E-state index >= 15 is 0 Å². The van der Waals surface area contributed by atoms with Crippen LogP contribution in [0.5, 0.6) is 0 Å². The van der Waals surface area contributed by atoms with Gasteiger partial charge in [0.15, 0.2) is 0 Å². The van der Waals surface area contributed by atoms with Gasteiger partial charge in [-0.05, 0) is 25.0 Å². The Labute approximate surface area is 92.1 Å². The molecule has 0 saturated carbocycles. The van der Waals surface area contributed by atoms with Crippen molar-refractivity contribution in [3.8, 4) is 0 Å². The molecular weight excluding hydrogens is 210 g/mol. The maximum absolute atomic E-state index is 12.0. The monoisotopic (exact) mass is 225 g/mol. The molecule has 0 radical (unpaired) electrons. The second-order valence-electron chi connectivity index (χ2n) is 3.69. The number of anilines is 1. The van der Waals surface area contributed by atoms with Gasteiger partial charge in [-0.25, -0.2) is 0 Å². The van der Waals surface area contributed by atoms with Crippen molar-refractivity contribution in [1.82, 2.24) is 0 Å². The summed E-state index contributed by atoms with van der Waals surface area (Å²) in [7, 11) is -1.03. The van der Waals surface area contributed by atoms with Crippen LogP contribution >= 0.6 is 0 Å². The highest BCUT2D eigenvalue weighted by Crippen LogP contribution is 2.20. The molecule has 0 aromatic heterocycles. The molecular formula is C11H15NO2S. The van der Waals surface area contributed by atoms with Crippen molar-refractivity contribution in [2.75, 3.05) is 18.1 Å². The van der Waals surface area contributed by atoms with Gasteiger partial charge >= 0.3 is 0 Å². The van der Waals surface area contributed by atoms with E-state index in [-0.39, 0.29) is 6.10 Å². The van der Waals surface area contributed by atoms with Crippen LogP contribution in [0.3, 0.4) is 0 Å². The summed E-state index contributed by atoms with van der Waals surface area (Å²) in [5, 5.41) is 0. The second kappa shape index (κ2) is 4.77. The molecule has 0 aliphatic carbocycles. The Kier molecular flexibility index (Phi) is 3.38. The maximum atomic E-state index is 12.0. The molecule has 0 bridgehead atoms. The summed E-state index contributed by atoms with van der Waals surface area (Å²) < 4.78 is 17.4. The zero-order chi connectivity index (χ0) is 10.7. The lowest BCUT2D eigenvalue weighted by atomic mass is 10.3. The molecule has 1 aromatic carbocycles. The SMILES string of the molecule is Nc1ccccc1S(=O)CC1CCCO1. The number of hydrogen-bond donors (Lipinski definition) is 1. The highest BCUT2D eigenvalue weighted by Gasteiger charge is 2.19. The van der Waals surface area contributed by atoms with Crippen LogP contribution in [0.1, 0.15) is 12.8 Å². The van der Waals surface area contributed by atoms with E-state index in [1.807, 2.05) is 18.2 Å². The number of nitrogen functional groups attached to an aromatic ring is 1. The van der Waals surface area contributed by atoms with Gasteiger partial charge in [0.05, 0.1) is 27.6 Å². The Morgan fingerprint density at radius 1 is 1.47 bits per heavy atom. The van der Waals surface area contributed by atoms with Crippen LogP contribution in [0.25, 0.3) is 0 Å². The van der Waals surface area contributed by atoms with Crippen LogP contribution in [0.2, 0.25) is 0 Å². The first-order valence-electron chi connectivity index (χ1n) is 5.12. The fraction of sp³-hybridized carbons (Fsp3) is 0.455. The van der Waals surface area contributed by atoms with Crippen molar-refractivity contribution in [1.29, 1.82) is 0 Å². The molecule has 2 atom stereocenters. The van der Waals surface area contributed by atoms with E-state index in [1.165, 1.54) is 0 Å². The average molecular weight is 225 g/mol. The first kappa shape index (κ1) is 10.6. The van der Waals surface area contributed by atoms with Gasteiger partial charge in [-0.15, -0.1) is 0 Å². The summed E-state index contributed by atoms with van der Waals surface area (Å²) >= 11 is 0. The molecule has 1 saturated heterocycles. The van der Waals surface area contributed by atoms with E-state index in [1.54, 1.807) is 6.07 Å². The highest BCUT2D eigenvalue weighted by molar-refractivity contribution is 7.85. The molecule has 2 N–H and O–H groups in total. The Bertz CT molecular complexity index is 361. The Morgan fingerprint density at radius 3 is 2.93 bits per heavy atom. The zero-order valence-electron chi connectivity index (χ0n) is 8.52. The van der Waals surface area contributed by atoms with Gasteiger partial charge in [-0.1, -0.05) is 12.1 Å². The van der Waals surface area contributed by atoms with Crippen LogP contribution < -0.4 is 5.73 Å². The van der Waals surface area contributed by atoms with E-state index in [9.17, 15) is 4.21 Å². The predicted octanol–water partition coefficient (Wildman–Crippen LogP) is 1.56. The summed E-state index contributed by atoms with van der Waals surface area (Å²) in [4.78, 5) is 0.730. The molecule has 15 heavy (non-hydrogen) atoms. The van der Waals surface area contributed by atoms with Crippen LogP contribution in [-0.4, -0.2) is 22.7 Å². The molecule has 0 amide bonds. The van der Waals surface area contributed by atoms with Crippen LogP contribution in [0, 0.1) is 0 Å². The maximum Gasteiger partial charge on any atom is 0.0694 e. The molecule has 1 aromatic rings. The molecule has 1 aliphatic heterocycles. The third-order valence-electron chi connectivity index (χ3n) is 2.53. The second-order valence-corrected chi connectivity index (χ2v) is 5.15. The fourth-order valence-electron chi connectivity index (χ4n) is 1.72. The van der Waals surface area contributed by atoms with Gasteiger partial charge in [-0.3, -0.25) is 4.21 Å². The molecule has 2 unspecified atom stereocenters. The molecule has 4 heteroatoms. The Balaban J connectivity index is 2.04. The summed E-state index contributed by atoms with van der Waals surface area (Å²) in [6.07, 6.45) is 2.23. The third kappa shape index (κ3) is 2.58. The average Bonchev–Trinajstić information content (AvgIpc) is 2.71. The topological polar surface area (TPSA) is 52.3 Å². The van der Waals surface area contributed by atoms with Gasteiger partial charge in [0.25, 0.3) is 0 Å². The molecule has 3 nitrogen and oxygen atoms in total. The summed E-state index contributed by atoms with van der Waals surface area (Å²) in [5.41, 5.74) is 6.37. The number of nitrogens with two attached hydrogens (primary N) is 1. The summed E-state index contributed by atoms with van der Waals surface area (Å²) in [6.45, 7) is 0.798. The molecule has 0 spiro atoms. The Morgan fingerprint density at radius 2 is 2.27 bits per heavy atom. The van der Waals surface area contributed by atoms with Gasteiger partial charge in [0.2, 0.25) is 0 Å². The van der Waals surface area contributed by atoms with Crippen molar-refractivity contribution in [3.05, 3.63) is 24.3 Å². The van der Waals surface area contributed by atoms with Crippen LogP contribution in [0.15, 0.2) is 29.2 Å². The highest BCUT2D eigenvalue weighted by atomic mass is 32.2.